The minimum Gasteiger partial charge on any atom is -0.467 e. The quantitative estimate of drug-likeness (QED) is 0.0603. The molecule has 0 heterocycles. The van der Waals surface area contributed by atoms with Gasteiger partial charge in [-0.3, -0.25) is 4.79 Å². The summed E-state index contributed by atoms with van der Waals surface area (Å²) in [6.07, 6.45) is 11.1. The molecule has 2 aromatic rings. The summed E-state index contributed by atoms with van der Waals surface area (Å²) in [7, 11) is -0.472. The molecule has 0 bridgehead atoms. The van der Waals surface area contributed by atoms with Crippen molar-refractivity contribution in [1.29, 1.82) is 0 Å². The molecule has 3 atom stereocenters. The number of amides is 1. The van der Waals surface area contributed by atoms with Crippen molar-refractivity contribution in [2.45, 2.75) is 122 Å². The molecule has 0 aliphatic carbocycles. The Labute approximate surface area is 322 Å². The maximum absolute atomic E-state index is 14.4. The number of carbonyl (C=O) groups excluding carboxylic acids is 3. The maximum Gasteiger partial charge on any atom is 0.339 e. The topological polar surface area (TPSA) is 145 Å². The number of allylic oxidation sites excluding steroid dienone is 1. The van der Waals surface area contributed by atoms with E-state index >= 15 is 0 Å². The van der Waals surface area contributed by atoms with Crippen LogP contribution in [0.3, 0.4) is 0 Å². The first kappa shape index (κ1) is 46.5. The van der Waals surface area contributed by atoms with Crippen LogP contribution >= 0.6 is 0 Å². The molecule has 2 N–H and O–H groups in total. The predicted molar refractivity (Wildman–Crippen MR) is 210 cm³/mol. The van der Waals surface area contributed by atoms with E-state index in [-0.39, 0.29) is 36.8 Å². The lowest BCUT2D eigenvalue weighted by Crippen LogP contribution is -2.56. The number of benzene rings is 2. The largest absolute Gasteiger partial charge is 0.467 e. The third kappa shape index (κ3) is 16.4. The molecule has 1 amide bonds. The molecular formula is C42H62FNO9S. The standard InChI is InChI=1S/C42H62FNO9S/c1-7-8-9-13-18-29-54(49,50)30-19-14-11-10-12-15-21-35(42(48,27-28-51-5)40(47)53-41(2,3)4)38(45)44-37(39(46)52-6)31-32-23-25-33(26-24-32)34-20-16-17-22-36(34)43/h15-17,20-26,35,37,48H,7-14,18-19,27-31H2,1-6H3,(H,44,45)/b21-15+/t35-,37+,42+/m1/s1. The van der Waals surface area contributed by atoms with Crippen molar-refractivity contribution in [3.63, 3.8) is 0 Å². The van der Waals surface area contributed by atoms with Crippen LogP contribution in [-0.4, -0.2) is 80.9 Å². The van der Waals surface area contributed by atoms with E-state index in [0.717, 1.165) is 38.5 Å². The maximum atomic E-state index is 14.4. The van der Waals surface area contributed by atoms with Gasteiger partial charge in [0.05, 0.1) is 24.5 Å². The first-order valence-electron chi connectivity index (χ1n) is 19.1. The number of ether oxygens (including phenoxy) is 3. The van der Waals surface area contributed by atoms with E-state index in [1.165, 1.54) is 26.4 Å². The number of aliphatic hydroxyl groups is 1. The second-order valence-electron chi connectivity index (χ2n) is 14.8. The summed E-state index contributed by atoms with van der Waals surface area (Å²) in [6.45, 7) is 7.00. The first-order chi connectivity index (χ1) is 25.6. The summed E-state index contributed by atoms with van der Waals surface area (Å²) in [5.74, 6) is -4.00. The zero-order valence-corrected chi connectivity index (χ0v) is 33.9. The molecule has 12 heteroatoms. The van der Waals surface area contributed by atoms with E-state index in [4.69, 9.17) is 14.2 Å². The number of methoxy groups -OCH3 is 2. The Morgan fingerprint density at radius 1 is 0.889 bits per heavy atom. The Hall–Kier alpha value is -3.61. The normalized spacial score (nSPS) is 14.3. The highest BCUT2D eigenvalue weighted by Crippen LogP contribution is 2.29. The molecule has 2 aromatic carbocycles. The van der Waals surface area contributed by atoms with Crippen molar-refractivity contribution in [3.05, 3.63) is 72.1 Å². The van der Waals surface area contributed by atoms with E-state index in [2.05, 4.69) is 12.2 Å². The van der Waals surface area contributed by atoms with Crippen LogP contribution in [0, 0.1) is 11.7 Å². The van der Waals surface area contributed by atoms with Crippen LogP contribution in [0.2, 0.25) is 0 Å². The number of hydrogen-bond acceptors (Lipinski definition) is 9. The van der Waals surface area contributed by atoms with Gasteiger partial charge in [-0.15, -0.1) is 0 Å². The second kappa shape index (κ2) is 23.3. The molecule has 0 fully saturated rings. The highest BCUT2D eigenvalue weighted by atomic mass is 32.2. The Kier molecular flexibility index (Phi) is 20.1. The highest BCUT2D eigenvalue weighted by Gasteiger charge is 2.49. The van der Waals surface area contributed by atoms with E-state index in [1.807, 2.05) is 0 Å². The molecule has 302 valence electrons. The fourth-order valence-corrected chi connectivity index (χ4v) is 7.51. The average Bonchev–Trinajstić information content (AvgIpc) is 3.12. The van der Waals surface area contributed by atoms with Crippen LogP contribution in [0.25, 0.3) is 11.1 Å². The Morgan fingerprint density at radius 3 is 2.07 bits per heavy atom. The zero-order chi connectivity index (χ0) is 40.2. The van der Waals surface area contributed by atoms with Crippen LogP contribution in [0.5, 0.6) is 0 Å². The van der Waals surface area contributed by atoms with Crippen LogP contribution < -0.4 is 5.32 Å². The third-order valence-electron chi connectivity index (χ3n) is 9.08. The summed E-state index contributed by atoms with van der Waals surface area (Å²) in [4.78, 5) is 40.6. The van der Waals surface area contributed by atoms with Gasteiger partial charge >= 0.3 is 11.9 Å². The van der Waals surface area contributed by atoms with Crippen molar-refractivity contribution in [1.82, 2.24) is 5.32 Å². The minimum atomic E-state index is -3.07. The van der Waals surface area contributed by atoms with Crippen molar-refractivity contribution in [3.8, 4) is 11.1 Å². The molecule has 0 radical (unpaired) electrons. The van der Waals surface area contributed by atoms with Gasteiger partial charge in [-0.1, -0.05) is 100 Å². The van der Waals surface area contributed by atoms with Crippen LogP contribution in [0.1, 0.15) is 104 Å². The van der Waals surface area contributed by atoms with Gasteiger partial charge < -0.3 is 24.6 Å². The number of sulfone groups is 1. The lowest BCUT2D eigenvalue weighted by atomic mass is 9.82. The zero-order valence-electron chi connectivity index (χ0n) is 33.0. The number of hydrogen-bond donors (Lipinski definition) is 2. The number of esters is 2. The molecule has 0 saturated heterocycles. The predicted octanol–water partition coefficient (Wildman–Crippen LogP) is 7.31. The van der Waals surface area contributed by atoms with Crippen LogP contribution in [-0.2, 0) is 44.9 Å². The number of rotatable bonds is 25. The molecule has 10 nitrogen and oxygen atoms in total. The average molecular weight is 776 g/mol. The fourth-order valence-electron chi connectivity index (χ4n) is 6.02. The Bertz CT molecular complexity index is 1590. The summed E-state index contributed by atoms with van der Waals surface area (Å²) < 4.78 is 54.9. The van der Waals surface area contributed by atoms with Gasteiger partial charge in [0, 0.05) is 32.1 Å². The SMILES string of the molecule is CCCCCCCS(=O)(=O)CCCCCC/C=C/[C@H](C(=O)N[C@@H](Cc1ccc(-c2ccccc2F)cc1)C(=O)OC)[C@@](O)(CCOC)C(=O)OC(C)(C)C. The molecule has 0 aliphatic rings. The summed E-state index contributed by atoms with van der Waals surface area (Å²) in [5, 5.41) is 14.6. The lowest BCUT2D eigenvalue weighted by molar-refractivity contribution is -0.185. The third-order valence-corrected chi connectivity index (χ3v) is 10.9. The monoisotopic (exact) mass is 775 g/mol. The molecule has 0 saturated carbocycles. The van der Waals surface area contributed by atoms with Crippen LogP contribution in [0.15, 0.2) is 60.7 Å². The van der Waals surface area contributed by atoms with E-state index in [0.29, 0.717) is 42.4 Å². The number of carbonyl (C=O) groups is 3. The molecule has 0 unspecified atom stereocenters. The minimum absolute atomic E-state index is 0.0178. The highest BCUT2D eigenvalue weighted by molar-refractivity contribution is 7.91. The van der Waals surface area contributed by atoms with Crippen molar-refractivity contribution in [2.75, 3.05) is 32.3 Å². The van der Waals surface area contributed by atoms with Crippen molar-refractivity contribution < 1.29 is 46.5 Å². The van der Waals surface area contributed by atoms with Crippen LogP contribution in [0.4, 0.5) is 4.39 Å². The van der Waals surface area contributed by atoms with Gasteiger partial charge in [-0.2, -0.15) is 0 Å². The number of unbranched alkanes of at least 4 members (excludes halogenated alkanes) is 8. The molecular weight excluding hydrogens is 714 g/mol. The van der Waals surface area contributed by atoms with Gasteiger partial charge in [-0.05, 0) is 63.6 Å². The van der Waals surface area contributed by atoms with E-state index in [9.17, 15) is 32.3 Å². The van der Waals surface area contributed by atoms with E-state index < -0.39 is 50.8 Å². The summed E-state index contributed by atoms with van der Waals surface area (Å²) in [5.41, 5.74) is -1.62. The second-order valence-corrected chi connectivity index (χ2v) is 17.1. The molecule has 54 heavy (non-hydrogen) atoms. The summed E-state index contributed by atoms with van der Waals surface area (Å²) in [6, 6.07) is 12.1. The Morgan fingerprint density at radius 2 is 1.50 bits per heavy atom. The Balaban J connectivity index is 2.21. The molecule has 0 aliphatic heterocycles. The lowest BCUT2D eigenvalue weighted by Gasteiger charge is -2.35. The summed E-state index contributed by atoms with van der Waals surface area (Å²) >= 11 is 0. The number of nitrogens with one attached hydrogen (secondary N) is 1. The van der Waals surface area contributed by atoms with Gasteiger partial charge in [-0.25, -0.2) is 22.4 Å². The first-order valence-corrected chi connectivity index (χ1v) is 20.9. The van der Waals surface area contributed by atoms with Gasteiger partial charge in [0.25, 0.3) is 0 Å². The van der Waals surface area contributed by atoms with Crippen molar-refractivity contribution in [2.24, 2.45) is 5.92 Å². The smallest absolute Gasteiger partial charge is 0.339 e. The number of halogens is 1. The van der Waals surface area contributed by atoms with Crippen molar-refractivity contribution >= 4 is 27.7 Å². The van der Waals surface area contributed by atoms with Gasteiger partial charge in [0.15, 0.2) is 5.60 Å². The fraction of sp³-hybridized carbons (Fsp3) is 0.595. The van der Waals surface area contributed by atoms with Gasteiger partial charge in [0.1, 0.15) is 27.3 Å². The van der Waals surface area contributed by atoms with E-state index in [1.54, 1.807) is 69.3 Å². The van der Waals surface area contributed by atoms with Gasteiger partial charge in [0.2, 0.25) is 5.91 Å². The molecule has 0 spiro atoms. The molecule has 2 rings (SSSR count). The molecule has 0 aromatic heterocycles.